The van der Waals surface area contributed by atoms with E-state index in [-0.39, 0.29) is 30.5 Å². The van der Waals surface area contributed by atoms with Crippen LogP contribution in [0.2, 0.25) is 0 Å². The molecule has 0 radical (unpaired) electrons. The lowest BCUT2D eigenvalue weighted by Gasteiger charge is -2.28. The molecule has 1 aliphatic heterocycles. The van der Waals surface area contributed by atoms with Crippen LogP contribution in [0.4, 0.5) is 35.4 Å². The molecule has 1 unspecified atom stereocenters. The normalized spacial score (nSPS) is 18.9. The van der Waals surface area contributed by atoms with Crippen LogP contribution in [0.1, 0.15) is 44.6 Å². The number of amides is 3. The third-order valence-electron chi connectivity index (χ3n) is 6.21. The number of hydrogen-bond acceptors (Lipinski definition) is 5. The van der Waals surface area contributed by atoms with Crippen molar-refractivity contribution in [2.24, 2.45) is 0 Å². The van der Waals surface area contributed by atoms with Crippen molar-refractivity contribution >= 4 is 29.4 Å². The van der Waals surface area contributed by atoms with Gasteiger partial charge >= 0.3 is 12.2 Å². The van der Waals surface area contributed by atoms with Gasteiger partial charge in [-0.1, -0.05) is 18.9 Å². The second-order valence-electron chi connectivity index (χ2n) is 8.51. The smallest absolute Gasteiger partial charge is 0.354 e. The highest BCUT2D eigenvalue weighted by molar-refractivity contribution is 5.97. The summed E-state index contributed by atoms with van der Waals surface area (Å²) >= 11 is 0. The Bertz CT molecular complexity index is 1040. The lowest BCUT2D eigenvalue weighted by molar-refractivity contribution is -0.137. The predicted octanol–water partition coefficient (Wildman–Crippen LogP) is 4.19. The summed E-state index contributed by atoms with van der Waals surface area (Å²) in [5.41, 5.74) is -0.685. The molecule has 182 valence electrons. The maximum Gasteiger partial charge on any atom is 0.416 e. The maximum absolute atomic E-state index is 13.0. The second kappa shape index (κ2) is 9.86. The van der Waals surface area contributed by atoms with Crippen LogP contribution >= 0.6 is 0 Å². The van der Waals surface area contributed by atoms with Gasteiger partial charge in [-0.15, -0.1) is 0 Å². The molecule has 1 aromatic carbocycles. The van der Waals surface area contributed by atoms with E-state index < -0.39 is 23.8 Å². The van der Waals surface area contributed by atoms with Gasteiger partial charge < -0.3 is 15.1 Å². The van der Waals surface area contributed by atoms with Gasteiger partial charge in [0.25, 0.3) is 0 Å². The Kier molecular flexibility index (Phi) is 6.90. The third-order valence-corrected chi connectivity index (χ3v) is 6.21. The number of carbonyl (C=O) groups excluding carboxylic acids is 2. The molecule has 0 spiro atoms. The SMILES string of the molecule is CCN(c1ccnc(NC(=O)NC2CC(=O)N(c3cccc(C(F)(F)F)c3)C2)n1)C1CCCC1. The highest BCUT2D eigenvalue weighted by Crippen LogP contribution is 2.33. The number of urea groups is 1. The van der Waals surface area contributed by atoms with Crippen molar-refractivity contribution in [3.8, 4) is 0 Å². The van der Waals surface area contributed by atoms with Crippen molar-refractivity contribution in [2.75, 3.05) is 28.2 Å². The van der Waals surface area contributed by atoms with Crippen LogP contribution in [-0.2, 0) is 11.0 Å². The molecule has 0 bridgehead atoms. The molecule has 1 aromatic heterocycles. The fraction of sp³-hybridized carbons (Fsp3) is 0.478. The van der Waals surface area contributed by atoms with Gasteiger partial charge in [0, 0.05) is 37.4 Å². The molecule has 1 saturated carbocycles. The van der Waals surface area contributed by atoms with Crippen molar-refractivity contribution in [3.63, 3.8) is 0 Å². The molecule has 3 amide bonds. The molecular formula is C23H27F3N6O2. The van der Waals surface area contributed by atoms with Gasteiger partial charge in [-0.3, -0.25) is 10.1 Å². The Morgan fingerprint density at radius 2 is 2.00 bits per heavy atom. The molecular weight excluding hydrogens is 449 g/mol. The highest BCUT2D eigenvalue weighted by Gasteiger charge is 2.35. The summed E-state index contributed by atoms with van der Waals surface area (Å²) in [4.78, 5) is 37.0. The molecule has 2 N–H and O–H groups in total. The summed E-state index contributed by atoms with van der Waals surface area (Å²) in [5, 5.41) is 5.29. The molecule has 2 aliphatic rings. The van der Waals surface area contributed by atoms with E-state index in [1.165, 1.54) is 29.9 Å². The molecule has 2 fully saturated rings. The van der Waals surface area contributed by atoms with E-state index >= 15 is 0 Å². The highest BCUT2D eigenvalue weighted by atomic mass is 19.4. The summed E-state index contributed by atoms with van der Waals surface area (Å²) < 4.78 is 39.0. The van der Waals surface area contributed by atoms with Gasteiger partial charge in [-0.05, 0) is 44.0 Å². The van der Waals surface area contributed by atoms with Crippen LogP contribution < -0.4 is 20.4 Å². The zero-order valence-corrected chi connectivity index (χ0v) is 18.8. The molecule has 1 saturated heterocycles. The number of anilines is 3. The minimum Gasteiger partial charge on any atom is -0.354 e. The van der Waals surface area contributed by atoms with Crippen molar-refractivity contribution in [2.45, 2.75) is 57.3 Å². The lowest BCUT2D eigenvalue weighted by Crippen LogP contribution is -2.40. The van der Waals surface area contributed by atoms with Crippen LogP contribution in [-0.4, -0.2) is 47.1 Å². The fourth-order valence-corrected chi connectivity index (χ4v) is 4.62. The fourth-order valence-electron chi connectivity index (χ4n) is 4.62. The molecule has 2 heterocycles. The molecule has 2 aromatic rings. The largest absolute Gasteiger partial charge is 0.416 e. The van der Waals surface area contributed by atoms with Gasteiger partial charge in [-0.25, -0.2) is 9.78 Å². The molecule has 1 aliphatic carbocycles. The summed E-state index contributed by atoms with van der Waals surface area (Å²) in [6, 6.07) is 5.69. The van der Waals surface area contributed by atoms with Crippen LogP contribution in [0.25, 0.3) is 0 Å². The number of hydrogen-bond donors (Lipinski definition) is 2. The second-order valence-corrected chi connectivity index (χ2v) is 8.51. The number of carbonyl (C=O) groups is 2. The third kappa shape index (κ3) is 5.40. The first kappa shape index (κ1) is 23.8. The number of nitrogens with one attached hydrogen (secondary N) is 2. The number of rotatable bonds is 6. The van der Waals surface area contributed by atoms with E-state index in [0.29, 0.717) is 6.04 Å². The standard InChI is InChI=1S/C23H27F3N6O2/c1-2-31(17-7-3-4-8-17)19-10-11-27-21(29-19)30-22(34)28-16-13-20(33)32(14-16)18-9-5-6-15(12-18)23(24,25)26/h5-6,9-12,16-17H,2-4,7-8,13-14H2,1H3,(H2,27,28,29,30,34). The maximum atomic E-state index is 13.0. The predicted molar refractivity (Wildman–Crippen MR) is 122 cm³/mol. The van der Waals surface area contributed by atoms with Crippen molar-refractivity contribution in [1.29, 1.82) is 0 Å². The molecule has 8 nitrogen and oxygen atoms in total. The zero-order valence-electron chi connectivity index (χ0n) is 18.8. The average Bonchev–Trinajstić information content (AvgIpc) is 3.44. The zero-order chi connectivity index (χ0) is 24.3. The van der Waals surface area contributed by atoms with Gasteiger partial charge in [0.15, 0.2) is 0 Å². The summed E-state index contributed by atoms with van der Waals surface area (Å²) in [7, 11) is 0. The Hall–Kier alpha value is -3.37. The first-order valence-electron chi connectivity index (χ1n) is 11.4. The Morgan fingerprint density at radius 1 is 1.24 bits per heavy atom. The number of benzene rings is 1. The number of aromatic nitrogens is 2. The number of halogens is 3. The van der Waals surface area contributed by atoms with Gasteiger partial charge in [0.1, 0.15) is 5.82 Å². The molecule has 1 atom stereocenters. The summed E-state index contributed by atoms with van der Waals surface area (Å²) in [6.07, 6.45) is 1.67. The van der Waals surface area contributed by atoms with Gasteiger partial charge in [0.2, 0.25) is 11.9 Å². The van der Waals surface area contributed by atoms with Crippen molar-refractivity contribution in [3.05, 3.63) is 42.1 Å². The van der Waals surface area contributed by atoms with E-state index in [1.807, 2.05) is 6.07 Å². The summed E-state index contributed by atoms with van der Waals surface area (Å²) in [5.74, 6) is 0.523. The Morgan fingerprint density at radius 3 is 2.71 bits per heavy atom. The average molecular weight is 477 g/mol. The minimum atomic E-state index is -4.50. The van der Waals surface area contributed by atoms with E-state index in [2.05, 4.69) is 32.4 Å². The summed E-state index contributed by atoms with van der Waals surface area (Å²) in [6.45, 7) is 2.93. The van der Waals surface area contributed by atoms with E-state index in [0.717, 1.165) is 37.3 Å². The Balaban J connectivity index is 1.37. The van der Waals surface area contributed by atoms with E-state index in [9.17, 15) is 22.8 Å². The first-order chi connectivity index (χ1) is 16.2. The van der Waals surface area contributed by atoms with E-state index in [4.69, 9.17) is 0 Å². The van der Waals surface area contributed by atoms with Crippen molar-refractivity contribution < 1.29 is 22.8 Å². The Labute approximate surface area is 195 Å². The van der Waals surface area contributed by atoms with Gasteiger partial charge in [0.05, 0.1) is 11.6 Å². The molecule has 11 heteroatoms. The van der Waals surface area contributed by atoms with Gasteiger partial charge in [-0.2, -0.15) is 18.2 Å². The van der Waals surface area contributed by atoms with E-state index in [1.54, 1.807) is 6.20 Å². The number of alkyl halides is 3. The van der Waals surface area contributed by atoms with Crippen LogP contribution in [0, 0.1) is 0 Å². The van der Waals surface area contributed by atoms with Crippen LogP contribution in [0.3, 0.4) is 0 Å². The minimum absolute atomic E-state index is 0.0180. The van der Waals surface area contributed by atoms with Crippen LogP contribution in [0.15, 0.2) is 36.5 Å². The monoisotopic (exact) mass is 476 g/mol. The topological polar surface area (TPSA) is 90.5 Å². The van der Waals surface area contributed by atoms with Crippen molar-refractivity contribution in [1.82, 2.24) is 15.3 Å². The molecule has 34 heavy (non-hydrogen) atoms. The quantitative estimate of drug-likeness (QED) is 0.653. The van der Waals surface area contributed by atoms with Crippen LogP contribution in [0.5, 0.6) is 0 Å². The number of nitrogens with zero attached hydrogens (tertiary/aromatic N) is 4. The lowest BCUT2D eigenvalue weighted by atomic mass is 10.2. The first-order valence-corrected chi connectivity index (χ1v) is 11.4. The molecule has 4 rings (SSSR count).